The maximum Gasteiger partial charge on any atom is 0.274 e. The Morgan fingerprint density at radius 2 is 2.10 bits per heavy atom. The number of carbonyl (C=O) groups is 1. The zero-order valence-corrected chi connectivity index (χ0v) is 17.5. The monoisotopic (exact) mass is 434 g/mol. The van der Waals surface area contributed by atoms with E-state index in [9.17, 15) is 15.2 Å². The molecule has 2 N–H and O–H groups in total. The predicted molar refractivity (Wildman–Crippen MR) is 119 cm³/mol. The number of benzene rings is 2. The van der Waals surface area contributed by atoms with Gasteiger partial charge in [-0.2, -0.15) is 5.26 Å². The van der Waals surface area contributed by atoms with Crippen LogP contribution in [0.25, 0.3) is 0 Å². The molecule has 1 amide bonds. The molecule has 2 heterocycles. The van der Waals surface area contributed by atoms with Gasteiger partial charge in [0.25, 0.3) is 5.91 Å². The second-order valence-electron chi connectivity index (χ2n) is 7.04. The number of aromatic hydroxyl groups is 1. The number of phenols is 1. The number of nitriles is 1. The second-order valence-corrected chi connectivity index (χ2v) is 7.47. The van der Waals surface area contributed by atoms with Crippen LogP contribution in [0.5, 0.6) is 11.5 Å². The fourth-order valence-corrected chi connectivity index (χ4v) is 3.80. The van der Waals surface area contributed by atoms with E-state index in [1.165, 1.54) is 13.2 Å². The Morgan fingerprint density at radius 3 is 2.81 bits per heavy atom. The zero-order chi connectivity index (χ0) is 22.0. The summed E-state index contributed by atoms with van der Waals surface area (Å²) in [6.07, 6.45) is 3.13. The minimum absolute atomic E-state index is 0.0169. The molecule has 7 nitrogen and oxygen atoms in total. The first kappa shape index (κ1) is 20.5. The lowest BCUT2D eigenvalue weighted by molar-refractivity contribution is 0.101. The lowest BCUT2D eigenvalue weighted by Crippen LogP contribution is -2.16. The third-order valence-corrected chi connectivity index (χ3v) is 5.37. The van der Waals surface area contributed by atoms with Gasteiger partial charge in [0.2, 0.25) is 0 Å². The molecule has 1 aliphatic heterocycles. The van der Waals surface area contributed by atoms with E-state index >= 15 is 0 Å². The first-order valence-electron chi connectivity index (χ1n) is 9.65. The third kappa shape index (κ3) is 3.98. The maximum absolute atomic E-state index is 13.2. The number of nitrogens with one attached hydrogen (secondary N) is 1. The van der Waals surface area contributed by atoms with E-state index in [0.717, 1.165) is 12.1 Å². The Hall–Kier alpha value is -3.76. The summed E-state index contributed by atoms with van der Waals surface area (Å²) in [5.41, 5.74) is 3.16. The minimum Gasteiger partial charge on any atom is -0.504 e. The number of aliphatic imine (C=N–C) groups is 1. The van der Waals surface area contributed by atoms with Crippen molar-refractivity contribution in [2.45, 2.75) is 19.4 Å². The summed E-state index contributed by atoms with van der Waals surface area (Å²) in [6, 6.07) is 13.8. The van der Waals surface area contributed by atoms with Crippen molar-refractivity contribution in [2.24, 2.45) is 4.99 Å². The molecule has 0 aliphatic carbocycles. The van der Waals surface area contributed by atoms with Crippen LogP contribution < -0.4 is 10.1 Å². The van der Waals surface area contributed by atoms with E-state index in [0.29, 0.717) is 51.9 Å². The van der Waals surface area contributed by atoms with E-state index < -0.39 is 0 Å². The number of aromatic nitrogens is 1. The van der Waals surface area contributed by atoms with Crippen LogP contribution in [-0.4, -0.2) is 28.9 Å². The van der Waals surface area contributed by atoms with Gasteiger partial charge in [-0.05, 0) is 60.9 Å². The van der Waals surface area contributed by atoms with Crippen molar-refractivity contribution in [3.8, 4) is 17.6 Å². The molecule has 156 valence electrons. The quantitative estimate of drug-likeness (QED) is 0.569. The van der Waals surface area contributed by atoms with Crippen LogP contribution in [0, 0.1) is 11.3 Å². The Morgan fingerprint density at radius 1 is 1.32 bits per heavy atom. The molecule has 0 radical (unpaired) electrons. The van der Waals surface area contributed by atoms with Gasteiger partial charge in [-0.1, -0.05) is 11.6 Å². The number of methoxy groups -OCH3 is 1. The van der Waals surface area contributed by atoms with Crippen molar-refractivity contribution in [2.75, 3.05) is 12.4 Å². The highest BCUT2D eigenvalue weighted by atomic mass is 35.5. The van der Waals surface area contributed by atoms with Crippen molar-refractivity contribution in [3.63, 3.8) is 0 Å². The molecule has 0 fully saturated rings. The SMILES string of the molecule is COc1cc(C=Nc2c(C#N)c3n(c2C(=O)Nc2ccc(Cl)cc2)CCC3)ccc1O. The van der Waals surface area contributed by atoms with Crippen molar-refractivity contribution < 1.29 is 14.6 Å². The first-order valence-corrected chi connectivity index (χ1v) is 10.0. The van der Waals surface area contributed by atoms with Crippen LogP contribution in [0.15, 0.2) is 47.5 Å². The number of nitrogens with zero attached hydrogens (tertiary/aromatic N) is 3. The van der Waals surface area contributed by atoms with Gasteiger partial charge in [-0.25, -0.2) is 0 Å². The van der Waals surface area contributed by atoms with Gasteiger partial charge in [0.05, 0.1) is 12.7 Å². The van der Waals surface area contributed by atoms with Gasteiger partial charge < -0.3 is 19.7 Å². The normalized spacial score (nSPS) is 12.5. The van der Waals surface area contributed by atoms with E-state index in [4.69, 9.17) is 16.3 Å². The Labute approximate surface area is 184 Å². The molecule has 0 saturated heterocycles. The van der Waals surface area contributed by atoms with Gasteiger partial charge in [-0.15, -0.1) is 0 Å². The highest BCUT2D eigenvalue weighted by molar-refractivity contribution is 6.30. The highest BCUT2D eigenvalue weighted by Gasteiger charge is 2.29. The van der Waals surface area contributed by atoms with Crippen LogP contribution >= 0.6 is 11.6 Å². The summed E-state index contributed by atoms with van der Waals surface area (Å²) >= 11 is 5.92. The van der Waals surface area contributed by atoms with Crippen LogP contribution in [0.2, 0.25) is 5.02 Å². The van der Waals surface area contributed by atoms with Gasteiger partial charge in [-0.3, -0.25) is 9.79 Å². The Bertz CT molecular complexity index is 1220. The number of hydrogen-bond donors (Lipinski definition) is 2. The predicted octanol–water partition coefficient (Wildman–Crippen LogP) is 4.68. The summed E-state index contributed by atoms with van der Waals surface area (Å²) in [4.78, 5) is 17.7. The molecule has 0 atom stereocenters. The summed E-state index contributed by atoms with van der Waals surface area (Å²) in [6.45, 7) is 0.649. The second kappa shape index (κ2) is 8.54. The molecule has 0 spiro atoms. The average molecular weight is 435 g/mol. The van der Waals surface area contributed by atoms with Crippen molar-refractivity contribution >= 4 is 35.1 Å². The van der Waals surface area contributed by atoms with E-state index in [1.807, 2.05) is 4.57 Å². The molecule has 0 bridgehead atoms. The van der Waals surface area contributed by atoms with Gasteiger partial charge in [0.1, 0.15) is 17.5 Å². The van der Waals surface area contributed by atoms with Crippen LogP contribution in [0.1, 0.15) is 33.7 Å². The molecular weight excluding hydrogens is 416 g/mol. The fraction of sp³-hybridized carbons (Fsp3) is 0.174. The zero-order valence-electron chi connectivity index (χ0n) is 16.7. The number of phenolic OH excluding ortho intramolecular Hbond substituents is 1. The van der Waals surface area contributed by atoms with Crippen molar-refractivity contribution in [1.29, 1.82) is 5.26 Å². The molecule has 1 aliphatic rings. The topological polar surface area (TPSA) is 99.6 Å². The van der Waals surface area contributed by atoms with E-state index in [1.54, 1.807) is 42.6 Å². The smallest absolute Gasteiger partial charge is 0.274 e. The van der Waals surface area contributed by atoms with Gasteiger partial charge in [0.15, 0.2) is 11.5 Å². The Balaban J connectivity index is 1.74. The largest absolute Gasteiger partial charge is 0.504 e. The molecule has 0 unspecified atom stereocenters. The van der Waals surface area contributed by atoms with Crippen molar-refractivity contribution in [1.82, 2.24) is 4.57 Å². The number of amides is 1. The lowest BCUT2D eigenvalue weighted by atomic mass is 10.1. The third-order valence-electron chi connectivity index (χ3n) is 5.12. The summed E-state index contributed by atoms with van der Waals surface area (Å²) in [7, 11) is 1.46. The molecule has 8 heteroatoms. The van der Waals surface area contributed by atoms with E-state index in [2.05, 4.69) is 16.4 Å². The fourth-order valence-electron chi connectivity index (χ4n) is 3.67. The van der Waals surface area contributed by atoms with Crippen LogP contribution in [0.4, 0.5) is 11.4 Å². The van der Waals surface area contributed by atoms with Crippen molar-refractivity contribution in [3.05, 3.63) is 70.0 Å². The highest BCUT2D eigenvalue weighted by Crippen LogP contribution is 2.36. The summed E-state index contributed by atoms with van der Waals surface area (Å²) in [5.74, 6) is -0.0183. The lowest BCUT2D eigenvalue weighted by Gasteiger charge is -2.09. The van der Waals surface area contributed by atoms with Crippen LogP contribution in [-0.2, 0) is 13.0 Å². The molecule has 2 aromatic carbocycles. The number of carbonyl (C=O) groups excluding carboxylic acids is 1. The number of hydrogen-bond acceptors (Lipinski definition) is 5. The van der Waals surface area contributed by atoms with Crippen LogP contribution in [0.3, 0.4) is 0 Å². The average Bonchev–Trinajstić information content (AvgIpc) is 3.34. The summed E-state index contributed by atoms with van der Waals surface area (Å²) in [5, 5.41) is 23.0. The minimum atomic E-state index is -0.345. The maximum atomic E-state index is 13.2. The molecular formula is C23H19ClN4O3. The molecule has 1 aromatic heterocycles. The van der Waals surface area contributed by atoms with Gasteiger partial charge in [0, 0.05) is 29.2 Å². The molecule has 31 heavy (non-hydrogen) atoms. The number of fused-ring (bicyclic) bond motifs is 1. The van der Waals surface area contributed by atoms with Gasteiger partial charge >= 0.3 is 0 Å². The van der Waals surface area contributed by atoms with E-state index in [-0.39, 0.29) is 11.7 Å². The number of halogens is 1. The number of rotatable bonds is 5. The first-order chi connectivity index (χ1) is 15.0. The summed E-state index contributed by atoms with van der Waals surface area (Å²) < 4.78 is 7.00. The Kier molecular flexibility index (Phi) is 5.65. The molecule has 0 saturated carbocycles. The number of ether oxygens (including phenoxy) is 1. The standard InChI is InChI=1S/C23H19ClN4O3/c1-31-20-11-14(4-9-19(20)29)13-26-21-17(12-25)18-3-2-10-28(18)22(21)23(30)27-16-7-5-15(24)6-8-16/h4-9,11,13,29H,2-3,10H2,1H3,(H,27,30). The number of anilines is 1. The molecule has 3 aromatic rings. The molecule has 4 rings (SSSR count).